The molecule has 0 saturated heterocycles. The van der Waals surface area contributed by atoms with Gasteiger partial charge < -0.3 is 15.2 Å². The first-order valence-electron chi connectivity index (χ1n) is 9.79. The fraction of sp³-hybridized carbons (Fsp3) is 0.286. The van der Waals surface area contributed by atoms with Gasteiger partial charge in [0.25, 0.3) is 5.91 Å². The van der Waals surface area contributed by atoms with Crippen LogP contribution in [0, 0.1) is 12.7 Å². The van der Waals surface area contributed by atoms with E-state index in [9.17, 15) is 14.0 Å². The van der Waals surface area contributed by atoms with E-state index in [2.05, 4.69) is 32.4 Å². The highest BCUT2D eigenvalue weighted by molar-refractivity contribution is 8.00. The summed E-state index contributed by atoms with van der Waals surface area (Å²) in [6.45, 7) is 9.49. The second-order valence-electron chi connectivity index (χ2n) is 6.96. The Labute approximate surface area is 193 Å². The van der Waals surface area contributed by atoms with Gasteiger partial charge in [0.15, 0.2) is 16.1 Å². The zero-order valence-electron chi connectivity index (χ0n) is 17.8. The number of aryl methyl sites for hydroxylation is 1. The lowest BCUT2D eigenvalue weighted by atomic mass is 10.2. The van der Waals surface area contributed by atoms with E-state index in [0.717, 1.165) is 5.69 Å². The summed E-state index contributed by atoms with van der Waals surface area (Å²) in [5.41, 5.74) is 0.791. The minimum Gasteiger partial charge on any atom is -0.342 e. The Balaban J connectivity index is 1.72. The van der Waals surface area contributed by atoms with E-state index < -0.39 is 23.0 Å². The van der Waals surface area contributed by atoms with Crippen LogP contribution in [0.25, 0.3) is 0 Å². The van der Waals surface area contributed by atoms with Gasteiger partial charge in [-0.1, -0.05) is 30.0 Å². The molecule has 11 heteroatoms. The Morgan fingerprint density at radius 1 is 1.31 bits per heavy atom. The van der Waals surface area contributed by atoms with Gasteiger partial charge in [-0.05, 0) is 32.9 Å². The largest absolute Gasteiger partial charge is 0.342 e. The number of benzene rings is 1. The summed E-state index contributed by atoms with van der Waals surface area (Å²) in [4.78, 5) is 29.2. The molecule has 3 aromatic rings. The molecule has 0 aliphatic rings. The van der Waals surface area contributed by atoms with Gasteiger partial charge in [-0.15, -0.1) is 28.1 Å². The summed E-state index contributed by atoms with van der Waals surface area (Å²) >= 11 is 2.59. The van der Waals surface area contributed by atoms with E-state index >= 15 is 0 Å². The number of carbonyl (C=O) groups is 2. The van der Waals surface area contributed by atoms with Crippen LogP contribution in [-0.4, -0.2) is 36.8 Å². The van der Waals surface area contributed by atoms with E-state index in [1.54, 1.807) is 30.6 Å². The van der Waals surface area contributed by atoms with Crippen LogP contribution in [0.2, 0.25) is 0 Å². The van der Waals surface area contributed by atoms with Crippen molar-refractivity contribution in [1.82, 2.24) is 25.1 Å². The topological polar surface area (TPSA) is 102 Å². The monoisotopic (exact) mass is 474 g/mol. The highest BCUT2D eigenvalue weighted by atomic mass is 32.2. The van der Waals surface area contributed by atoms with Crippen molar-refractivity contribution in [1.29, 1.82) is 0 Å². The molecule has 168 valence electrons. The minimum atomic E-state index is -0.601. The van der Waals surface area contributed by atoms with E-state index in [1.807, 2.05) is 12.3 Å². The lowest BCUT2D eigenvalue weighted by Gasteiger charge is -2.16. The molecule has 0 spiro atoms. The zero-order valence-corrected chi connectivity index (χ0v) is 19.5. The van der Waals surface area contributed by atoms with Crippen molar-refractivity contribution < 1.29 is 14.0 Å². The number of nitrogens with one attached hydrogen (secondary N) is 2. The van der Waals surface area contributed by atoms with Crippen LogP contribution in [0.3, 0.4) is 0 Å². The van der Waals surface area contributed by atoms with Gasteiger partial charge in [0.05, 0.1) is 22.5 Å². The second-order valence-corrected chi connectivity index (χ2v) is 9.12. The van der Waals surface area contributed by atoms with Gasteiger partial charge in [-0.2, -0.15) is 0 Å². The summed E-state index contributed by atoms with van der Waals surface area (Å²) in [5.74, 6) is -0.888. The molecule has 0 unspecified atom stereocenters. The second kappa shape index (κ2) is 10.5. The maximum atomic E-state index is 13.9. The van der Waals surface area contributed by atoms with Crippen molar-refractivity contribution in [3.05, 3.63) is 65.2 Å². The number of thiazole rings is 1. The Hall–Kier alpha value is -3.05. The average Bonchev–Trinajstić information content (AvgIpc) is 3.34. The van der Waals surface area contributed by atoms with Crippen LogP contribution in [-0.2, 0) is 11.3 Å². The molecule has 3 rings (SSSR count). The highest BCUT2D eigenvalue weighted by Gasteiger charge is 2.24. The summed E-state index contributed by atoms with van der Waals surface area (Å²) in [6, 6.07) is 5.21. The number of anilines is 1. The first kappa shape index (κ1) is 23.6. The van der Waals surface area contributed by atoms with Gasteiger partial charge in [0, 0.05) is 11.9 Å². The maximum Gasteiger partial charge on any atom is 0.254 e. The highest BCUT2D eigenvalue weighted by Crippen LogP contribution is 2.26. The Kier molecular flexibility index (Phi) is 7.75. The summed E-state index contributed by atoms with van der Waals surface area (Å²) < 4.78 is 15.7. The third kappa shape index (κ3) is 5.60. The van der Waals surface area contributed by atoms with Crippen LogP contribution < -0.4 is 10.6 Å². The molecular weight excluding hydrogens is 451 g/mol. The number of amides is 2. The molecular formula is C21H23FN6O2S2. The van der Waals surface area contributed by atoms with E-state index in [0.29, 0.717) is 22.7 Å². The van der Waals surface area contributed by atoms with E-state index in [-0.39, 0.29) is 11.5 Å². The molecule has 2 amide bonds. The van der Waals surface area contributed by atoms with Crippen molar-refractivity contribution in [3.63, 3.8) is 0 Å². The molecule has 1 aromatic carbocycles. The number of halogens is 1. The number of carbonyl (C=O) groups excluding carboxylic acids is 2. The Bertz CT molecular complexity index is 1130. The average molecular weight is 475 g/mol. The third-order valence-corrected chi connectivity index (χ3v) is 6.37. The molecule has 0 saturated carbocycles. The predicted molar refractivity (Wildman–Crippen MR) is 123 cm³/mol. The molecule has 0 radical (unpaired) electrons. The first-order chi connectivity index (χ1) is 15.3. The number of nitrogens with zero attached hydrogens (tertiary/aromatic N) is 4. The van der Waals surface area contributed by atoms with Crippen LogP contribution in [0.4, 0.5) is 9.52 Å². The zero-order chi connectivity index (χ0) is 23.3. The lowest BCUT2D eigenvalue weighted by molar-refractivity contribution is -0.115. The molecule has 0 fully saturated rings. The van der Waals surface area contributed by atoms with Gasteiger partial charge in [0.1, 0.15) is 5.82 Å². The minimum absolute atomic E-state index is 0.0496. The van der Waals surface area contributed by atoms with Gasteiger partial charge >= 0.3 is 0 Å². The van der Waals surface area contributed by atoms with Crippen molar-refractivity contribution in [2.24, 2.45) is 0 Å². The van der Waals surface area contributed by atoms with E-state index in [1.165, 1.54) is 41.3 Å². The van der Waals surface area contributed by atoms with Crippen LogP contribution in [0.5, 0.6) is 0 Å². The molecule has 0 bridgehead atoms. The van der Waals surface area contributed by atoms with Crippen LogP contribution in [0.15, 0.2) is 47.5 Å². The third-order valence-electron chi connectivity index (χ3n) is 4.41. The number of hydrogen-bond acceptors (Lipinski definition) is 7. The van der Waals surface area contributed by atoms with Gasteiger partial charge in [-0.3, -0.25) is 9.59 Å². The molecule has 8 nitrogen and oxygen atoms in total. The smallest absolute Gasteiger partial charge is 0.254 e. The van der Waals surface area contributed by atoms with Crippen molar-refractivity contribution in [2.75, 3.05) is 5.32 Å². The summed E-state index contributed by atoms with van der Waals surface area (Å²) in [5, 5.41) is 16.4. The molecule has 2 heterocycles. The summed E-state index contributed by atoms with van der Waals surface area (Å²) in [7, 11) is 0. The van der Waals surface area contributed by atoms with Crippen molar-refractivity contribution in [2.45, 2.75) is 43.8 Å². The van der Waals surface area contributed by atoms with Crippen LogP contribution in [0.1, 0.15) is 41.8 Å². The molecule has 0 aliphatic heterocycles. The van der Waals surface area contributed by atoms with Crippen molar-refractivity contribution in [3.8, 4) is 0 Å². The van der Waals surface area contributed by atoms with E-state index in [4.69, 9.17) is 0 Å². The molecule has 0 aliphatic carbocycles. The fourth-order valence-electron chi connectivity index (χ4n) is 2.82. The van der Waals surface area contributed by atoms with Crippen LogP contribution >= 0.6 is 23.1 Å². The standard InChI is InChI=1S/C21H23FN6O2S2/c1-5-10-28-17(13(3)24-19(30)15-8-6-7-9-16(15)22)26-27-21(28)32-14(4)18(29)25-20-23-12(2)11-31-20/h5-9,11,13-14H,1,10H2,2-4H3,(H,24,30)(H,23,25,29)/t13-,14-/m0/s1. The Morgan fingerprint density at radius 3 is 2.72 bits per heavy atom. The molecule has 2 atom stereocenters. The fourth-order valence-corrected chi connectivity index (χ4v) is 4.38. The molecule has 2 N–H and O–H groups in total. The maximum absolute atomic E-state index is 13.9. The van der Waals surface area contributed by atoms with Crippen molar-refractivity contribution >= 4 is 40.0 Å². The number of aromatic nitrogens is 4. The SMILES string of the molecule is C=CCn1c(S[C@@H](C)C(=O)Nc2nc(C)cs2)nnc1[C@H](C)NC(=O)c1ccccc1F. The Morgan fingerprint density at radius 2 is 2.06 bits per heavy atom. The first-order valence-corrected chi connectivity index (χ1v) is 11.5. The number of hydrogen-bond donors (Lipinski definition) is 2. The molecule has 32 heavy (non-hydrogen) atoms. The number of rotatable bonds is 9. The predicted octanol–water partition coefficient (Wildman–Crippen LogP) is 3.98. The van der Waals surface area contributed by atoms with Gasteiger partial charge in [-0.25, -0.2) is 9.37 Å². The van der Waals surface area contributed by atoms with Gasteiger partial charge in [0.2, 0.25) is 5.91 Å². The quantitative estimate of drug-likeness (QED) is 0.359. The summed E-state index contributed by atoms with van der Waals surface area (Å²) in [6.07, 6.45) is 1.67. The number of thioether (sulfide) groups is 1. The molecule has 2 aromatic heterocycles. The normalized spacial score (nSPS) is 12.8. The lowest BCUT2D eigenvalue weighted by Crippen LogP contribution is -2.29. The number of allylic oxidation sites excluding steroid dienone is 1.